The fraction of sp³-hybridized carbons (Fsp3) is 0.500. The maximum Gasteiger partial charge on any atom is 0.223 e. The SMILES string of the molecule is Cl.O=C(CCN1CCc2sccc2C1c1cccs1)N1CCNCC1. The molecule has 4 nitrogen and oxygen atoms in total. The molecule has 25 heavy (non-hydrogen) atoms. The number of nitrogens with one attached hydrogen (secondary N) is 1. The number of fused-ring (bicyclic) bond motifs is 1. The lowest BCUT2D eigenvalue weighted by Crippen LogP contribution is -2.47. The Bertz CT molecular complexity index is 682. The van der Waals surface area contributed by atoms with E-state index in [1.165, 1.54) is 15.3 Å². The third-order valence-electron chi connectivity index (χ3n) is 4.96. The van der Waals surface area contributed by atoms with Gasteiger partial charge in [-0.15, -0.1) is 35.1 Å². The first kappa shape index (κ1) is 18.9. The van der Waals surface area contributed by atoms with Crippen LogP contribution in [0.4, 0.5) is 0 Å². The summed E-state index contributed by atoms with van der Waals surface area (Å²) in [6.07, 6.45) is 1.73. The quantitative estimate of drug-likeness (QED) is 0.861. The van der Waals surface area contributed by atoms with Crippen LogP contribution in [0.1, 0.15) is 27.8 Å². The number of halogens is 1. The Balaban J connectivity index is 0.00000182. The number of nitrogens with zero attached hydrogens (tertiary/aromatic N) is 2. The zero-order chi connectivity index (χ0) is 16.4. The number of carbonyl (C=O) groups is 1. The highest BCUT2D eigenvalue weighted by molar-refractivity contribution is 7.10. The Morgan fingerprint density at radius 3 is 2.76 bits per heavy atom. The van der Waals surface area contributed by atoms with Gasteiger partial charge in [0.25, 0.3) is 0 Å². The molecular weight excluding hydrogens is 374 g/mol. The molecule has 1 atom stereocenters. The normalized spacial score (nSPS) is 20.8. The van der Waals surface area contributed by atoms with Crippen LogP contribution < -0.4 is 5.32 Å². The summed E-state index contributed by atoms with van der Waals surface area (Å²) < 4.78 is 0. The molecule has 2 aliphatic heterocycles. The van der Waals surface area contributed by atoms with Gasteiger partial charge in [0.1, 0.15) is 0 Å². The highest BCUT2D eigenvalue weighted by Crippen LogP contribution is 2.39. The predicted molar refractivity (Wildman–Crippen MR) is 107 cm³/mol. The van der Waals surface area contributed by atoms with Crippen molar-refractivity contribution in [3.8, 4) is 0 Å². The van der Waals surface area contributed by atoms with E-state index in [1.54, 1.807) is 0 Å². The van der Waals surface area contributed by atoms with Crippen LogP contribution in [0, 0.1) is 0 Å². The van der Waals surface area contributed by atoms with Gasteiger partial charge < -0.3 is 10.2 Å². The zero-order valence-corrected chi connectivity index (χ0v) is 16.6. The molecule has 7 heteroatoms. The van der Waals surface area contributed by atoms with Crippen molar-refractivity contribution in [1.29, 1.82) is 0 Å². The first-order valence-electron chi connectivity index (χ1n) is 8.65. The van der Waals surface area contributed by atoms with Crippen molar-refractivity contribution in [2.45, 2.75) is 18.9 Å². The molecule has 0 saturated carbocycles. The third-order valence-corrected chi connectivity index (χ3v) is 6.88. The van der Waals surface area contributed by atoms with Crippen LogP contribution in [0.2, 0.25) is 0 Å². The minimum absolute atomic E-state index is 0. The smallest absolute Gasteiger partial charge is 0.223 e. The van der Waals surface area contributed by atoms with Gasteiger partial charge in [-0.25, -0.2) is 0 Å². The van der Waals surface area contributed by atoms with E-state index in [1.807, 2.05) is 27.6 Å². The summed E-state index contributed by atoms with van der Waals surface area (Å²) in [5, 5.41) is 7.67. The Hall–Kier alpha value is -0.920. The van der Waals surface area contributed by atoms with Crippen molar-refractivity contribution in [2.75, 3.05) is 39.3 Å². The van der Waals surface area contributed by atoms with E-state index < -0.39 is 0 Å². The lowest BCUT2D eigenvalue weighted by Gasteiger charge is -2.36. The Morgan fingerprint density at radius 2 is 2.00 bits per heavy atom. The fourth-order valence-corrected chi connectivity index (χ4v) is 5.48. The van der Waals surface area contributed by atoms with Crippen LogP contribution >= 0.6 is 35.1 Å². The molecule has 136 valence electrons. The molecule has 1 N–H and O–H groups in total. The number of thiophene rings is 2. The lowest BCUT2D eigenvalue weighted by molar-refractivity contribution is -0.132. The van der Waals surface area contributed by atoms with Crippen molar-refractivity contribution in [2.24, 2.45) is 0 Å². The summed E-state index contributed by atoms with van der Waals surface area (Å²) in [5.74, 6) is 0.303. The molecule has 1 amide bonds. The highest BCUT2D eigenvalue weighted by atomic mass is 35.5. The number of hydrogen-bond acceptors (Lipinski definition) is 5. The Kier molecular flexibility index (Phi) is 6.52. The molecular formula is C18H24ClN3OS2. The van der Waals surface area contributed by atoms with E-state index in [2.05, 4.69) is 39.2 Å². The minimum Gasteiger partial charge on any atom is -0.340 e. The maximum absolute atomic E-state index is 12.5. The van der Waals surface area contributed by atoms with Gasteiger partial charge in [-0.3, -0.25) is 9.69 Å². The van der Waals surface area contributed by atoms with Gasteiger partial charge in [-0.2, -0.15) is 0 Å². The third kappa shape index (κ3) is 4.09. The summed E-state index contributed by atoms with van der Waals surface area (Å²) in [7, 11) is 0. The highest BCUT2D eigenvalue weighted by Gasteiger charge is 2.30. The molecule has 0 aliphatic carbocycles. The molecule has 1 unspecified atom stereocenters. The van der Waals surface area contributed by atoms with Crippen LogP contribution in [-0.2, 0) is 11.2 Å². The summed E-state index contributed by atoms with van der Waals surface area (Å²) in [6, 6.07) is 6.96. The van der Waals surface area contributed by atoms with Crippen LogP contribution in [0.15, 0.2) is 29.0 Å². The number of amides is 1. The molecule has 2 aromatic heterocycles. The van der Waals surface area contributed by atoms with Crippen LogP contribution in [0.25, 0.3) is 0 Å². The molecule has 0 spiro atoms. The Morgan fingerprint density at radius 1 is 1.16 bits per heavy atom. The second-order valence-electron chi connectivity index (χ2n) is 6.38. The van der Waals surface area contributed by atoms with Gasteiger partial charge in [-0.1, -0.05) is 6.07 Å². The van der Waals surface area contributed by atoms with E-state index in [9.17, 15) is 4.79 Å². The summed E-state index contributed by atoms with van der Waals surface area (Å²) in [4.78, 5) is 19.9. The molecule has 1 saturated heterocycles. The average molecular weight is 398 g/mol. The number of carbonyl (C=O) groups excluding carboxylic acids is 1. The summed E-state index contributed by atoms with van der Waals surface area (Å²) in [5.41, 5.74) is 1.45. The van der Waals surface area contributed by atoms with Crippen LogP contribution in [-0.4, -0.2) is 55.0 Å². The molecule has 0 bridgehead atoms. The van der Waals surface area contributed by atoms with Gasteiger partial charge in [0, 0.05) is 55.4 Å². The van der Waals surface area contributed by atoms with Gasteiger partial charge in [0.15, 0.2) is 0 Å². The van der Waals surface area contributed by atoms with Crippen LogP contribution in [0.5, 0.6) is 0 Å². The van der Waals surface area contributed by atoms with Gasteiger partial charge in [0.05, 0.1) is 6.04 Å². The second kappa shape index (κ2) is 8.64. The number of piperazine rings is 1. The number of hydrogen-bond donors (Lipinski definition) is 1. The van der Waals surface area contributed by atoms with E-state index in [4.69, 9.17) is 0 Å². The molecule has 4 rings (SSSR count). The maximum atomic E-state index is 12.5. The standard InChI is InChI=1S/C18H23N3OS2.ClH/c22-17(20-10-6-19-7-11-20)4-9-21-8-3-15-14(5-13-24-15)18(21)16-2-1-12-23-16;/h1-2,5,12-13,18-19H,3-4,6-11H2;1H. The first-order valence-corrected chi connectivity index (χ1v) is 10.4. The molecule has 4 heterocycles. The second-order valence-corrected chi connectivity index (χ2v) is 8.36. The Labute approximate surface area is 163 Å². The van der Waals surface area contributed by atoms with E-state index in [0.717, 1.165) is 45.7 Å². The van der Waals surface area contributed by atoms with Gasteiger partial charge >= 0.3 is 0 Å². The fourth-order valence-electron chi connectivity index (χ4n) is 3.70. The number of rotatable bonds is 4. The topological polar surface area (TPSA) is 35.6 Å². The average Bonchev–Trinajstić information content (AvgIpc) is 3.31. The molecule has 1 fully saturated rings. The van der Waals surface area contributed by atoms with E-state index >= 15 is 0 Å². The predicted octanol–water partition coefficient (Wildman–Crippen LogP) is 3.00. The zero-order valence-electron chi connectivity index (χ0n) is 14.1. The summed E-state index contributed by atoms with van der Waals surface area (Å²) >= 11 is 3.69. The van der Waals surface area contributed by atoms with Crippen LogP contribution in [0.3, 0.4) is 0 Å². The first-order chi connectivity index (χ1) is 11.8. The molecule has 2 aliphatic rings. The van der Waals surface area contributed by atoms with Crippen molar-refractivity contribution >= 4 is 41.0 Å². The molecule has 0 radical (unpaired) electrons. The van der Waals surface area contributed by atoms with Crippen molar-refractivity contribution < 1.29 is 4.79 Å². The summed E-state index contributed by atoms with van der Waals surface area (Å²) in [6.45, 7) is 5.44. The molecule has 0 aromatic carbocycles. The van der Waals surface area contributed by atoms with Crippen molar-refractivity contribution in [1.82, 2.24) is 15.1 Å². The van der Waals surface area contributed by atoms with E-state index in [0.29, 0.717) is 18.4 Å². The largest absolute Gasteiger partial charge is 0.340 e. The van der Waals surface area contributed by atoms with Gasteiger partial charge in [0.2, 0.25) is 5.91 Å². The van der Waals surface area contributed by atoms with Gasteiger partial charge in [-0.05, 0) is 34.9 Å². The molecule has 2 aromatic rings. The monoisotopic (exact) mass is 397 g/mol. The lowest BCUT2D eigenvalue weighted by atomic mass is 9.98. The van der Waals surface area contributed by atoms with E-state index in [-0.39, 0.29) is 12.4 Å². The van der Waals surface area contributed by atoms with Crippen molar-refractivity contribution in [3.05, 3.63) is 44.3 Å². The van der Waals surface area contributed by atoms with Crippen molar-refractivity contribution in [3.63, 3.8) is 0 Å². The minimum atomic E-state index is 0.